The summed E-state index contributed by atoms with van der Waals surface area (Å²) < 4.78 is 4.55. The first kappa shape index (κ1) is 30.3. The molecule has 3 aromatic rings. The van der Waals surface area contributed by atoms with Gasteiger partial charge in [0.05, 0.1) is 19.3 Å². The van der Waals surface area contributed by atoms with Crippen molar-refractivity contribution in [2.45, 2.75) is 51.2 Å². The van der Waals surface area contributed by atoms with E-state index in [1.807, 2.05) is 60.7 Å². The summed E-state index contributed by atoms with van der Waals surface area (Å²) in [6, 6.07) is 21.7. The summed E-state index contributed by atoms with van der Waals surface area (Å²) in [5.74, 6) is -0.963. The number of nitrogens with zero attached hydrogens (tertiary/aromatic N) is 1. The van der Waals surface area contributed by atoms with Gasteiger partial charge in [0.25, 0.3) is 0 Å². The van der Waals surface area contributed by atoms with Crippen LogP contribution in [0.15, 0.2) is 72.8 Å². The first-order valence-corrected chi connectivity index (χ1v) is 13.8. The minimum absolute atomic E-state index is 0.120. The number of anilines is 2. The molecule has 4 rings (SSSR count). The van der Waals surface area contributed by atoms with Gasteiger partial charge in [-0.2, -0.15) is 0 Å². The van der Waals surface area contributed by atoms with Crippen LogP contribution in [0.2, 0.25) is 0 Å². The molecule has 4 amide bonds. The Bertz CT molecular complexity index is 1450. The number of hydrogen-bond acceptors (Lipinski definition) is 6. The normalized spacial score (nSPS) is 14.8. The molecule has 0 spiro atoms. The van der Waals surface area contributed by atoms with E-state index in [1.54, 1.807) is 30.9 Å². The number of para-hydroxylation sites is 2. The highest BCUT2D eigenvalue weighted by atomic mass is 16.5. The van der Waals surface area contributed by atoms with Gasteiger partial charge >= 0.3 is 12.0 Å². The number of nitrogens with two attached hydrogens (primary N) is 1. The number of urea groups is 1. The zero-order valence-electron chi connectivity index (χ0n) is 24.1. The molecule has 3 aromatic carbocycles. The van der Waals surface area contributed by atoms with E-state index in [4.69, 9.17) is 5.73 Å². The van der Waals surface area contributed by atoms with E-state index >= 15 is 0 Å². The van der Waals surface area contributed by atoms with Crippen molar-refractivity contribution >= 4 is 35.2 Å². The molecule has 1 aliphatic rings. The number of carbonyl (C=O) groups excluding carboxylic acids is 4. The Morgan fingerprint density at radius 2 is 1.69 bits per heavy atom. The second kappa shape index (κ2) is 13.3. The van der Waals surface area contributed by atoms with Gasteiger partial charge in [-0.3, -0.25) is 14.4 Å². The van der Waals surface area contributed by atoms with Crippen LogP contribution in [-0.2, 0) is 32.1 Å². The topological polar surface area (TPSA) is 143 Å². The van der Waals surface area contributed by atoms with Crippen molar-refractivity contribution < 1.29 is 23.9 Å². The summed E-state index contributed by atoms with van der Waals surface area (Å²) >= 11 is 0. The molecule has 1 aliphatic heterocycles. The molecule has 10 nitrogen and oxygen atoms in total. The predicted molar refractivity (Wildman–Crippen MR) is 162 cm³/mol. The van der Waals surface area contributed by atoms with Crippen LogP contribution in [0.1, 0.15) is 37.8 Å². The van der Waals surface area contributed by atoms with E-state index < -0.39 is 23.6 Å². The molecule has 0 saturated heterocycles. The van der Waals surface area contributed by atoms with Gasteiger partial charge in [-0.15, -0.1) is 0 Å². The Balaban J connectivity index is 1.52. The summed E-state index contributed by atoms with van der Waals surface area (Å²) in [7, 11) is 1.25. The van der Waals surface area contributed by atoms with Gasteiger partial charge in [0.1, 0.15) is 12.6 Å². The van der Waals surface area contributed by atoms with Crippen molar-refractivity contribution in [2.24, 2.45) is 5.73 Å². The molecule has 0 aromatic heterocycles. The van der Waals surface area contributed by atoms with Crippen LogP contribution in [0.4, 0.5) is 16.2 Å². The summed E-state index contributed by atoms with van der Waals surface area (Å²) in [5, 5.41) is 8.15. The minimum atomic E-state index is -0.677. The highest BCUT2D eigenvalue weighted by Crippen LogP contribution is 2.31. The number of aryl methyl sites for hydroxylation is 1. The van der Waals surface area contributed by atoms with Crippen LogP contribution in [0.5, 0.6) is 0 Å². The van der Waals surface area contributed by atoms with Crippen LogP contribution in [-0.4, -0.2) is 49.1 Å². The molecule has 1 atom stereocenters. The highest BCUT2D eigenvalue weighted by molar-refractivity contribution is 6.00. The lowest BCUT2D eigenvalue weighted by Gasteiger charge is -2.27. The molecule has 0 bridgehead atoms. The average molecular weight is 572 g/mol. The average Bonchev–Trinajstić information content (AvgIpc) is 3.08. The van der Waals surface area contributed by atoms with Gasteiger partial charge in [-0.05, 0) is 55.5 Å². The standard InChI is InChI=1S/C32H37N5O5/c1-32(2,33)18-28(38)35-26-17-16-23-8-4-7-11-27(23)37(30(26)40)20-21-12-14-22(15-13-21)24-9-5-6-10-25(24)36-31(41)34-19-29(39)42-3/h4-15,26H,16-20,33H2,1-3H3,(H,35,38)(H2,34,36,41)/t26-/m1/s1. The smallest absolute Gasteiger partial charge is 0.325 e. The molecule has 10 heteroatoms. The molecule has 42 heavy (non-hydrogen) atoms. The molecule has 0 aliphatic carbocycles. The van der Waals surface area contributed by atoms with E-state index in [0.717, 1.165) is 27.9 Å². The molecule has 220 valence electrons. The molecule has 0 radical (unpaired) electrons. The summed E-state index contributed by atoms with van der Waals surface area (Å²) in [6.45, 7) is 3.64. The van der Waals surface area contributed by atoms with E-state index in [0.29, 0.717) is 25.1 Å². The van der Waals surface area contributed by atoms with Crippen LogP contribution >= 0.6 is 0 Å². The van der Waals surface area contributed by atoms with Crippen LogP contribution in [0.25, 0.3) is 11.1 Å². The number of ether oxygens (including phenoxy) is 1. The number of esters is 1. The lowest BCUT2D eigenvalue weighted by atomic mass is 10.0. The van der Waals surface area contributed by atoms with Gasteiger partial charge in [0.2, 0.25) is 11.8 Å². The van der Waals surface area contributed by atoms with Crippen molar-refractivity contribution in [3.05, 3.63) is 83.9 Å². The molecule has 0 fully saturated rings. The van der Waals surface area contributed by atoms with E-state index in [1.165, 1.54) is 7.11 Å². The van der Waals surface area contributed by atoms with Crippen molar-refractivity contribution in [2.75, 3.05) is 23.9 Å². The number of nitrogens with one attached hydrogen (secondary N) is 3. The maximum absolute atomic E-state index is 13.8. The fourth-order valence-corrected chi connectivity index (χ4v) is 4.88. The fraction of sp³-hybridized carbons (Fsp3) is 0.312. The van der Waals surface area contributed by atoms with Gasteiger partial charge in [-0.1, -0.05) is 60.7 Å². The molecule has 5 N–H and O–H groups in total. The maximum atomic E-state index is 13.8. The van der Waals surface area contributed by atoms with Gasteiger partial charge in [0, 0.05) is 23.2 Å². The summed E-state index contributed by atoms with van der Waals surface area (Å²) in [5.41, 5.74) is 10.3. The first-order chi connectivity index (χ1) is 20.0. The number of rotatable bonds is 9. The quantitative estimate of drug-likeness (QED) is 0.288. The van der Waals surface area contributed by atoms with Gasteiger partial charge in [0.15, 0.2) is 0 Å². The lowest BCUT2D eigenvalue weighted by Crippen LogP contribution is -2.49. The van der Waals surface area contributed by atoms with Crippen molar-refractivity contribution in [1.29, 1.82) is 0 Å². The largest absolute Gasteiger partial charge is 0.468 e. The zero-order chi connectivity index (χ0) is 30.3. The van der Waals surface area contributed by atoms with Crippen molar-refractivity contribution in [3.8, 4) is 11.1 Å². The number of hydrogen-bond donors (Lipinski definition) is 4. The number of amides is 4. The fourth-order valence-electron chi connectivity index (χ4n) is 4.88. The highest BCUT2D eigenvalue weighted by Gasteiger charge is 2.32. The van der Waals surface area contributed by atoms with Crippen LogP contribution in [0.3, 0.4) is 0 Å². The minimum Gasteiger partial charge on any atom is -0.468 e. The van der Waals surface area contributed by atoms with E-state index in [-0.39, 0.29) is 24.8 Å². The Hall–Kier alpha value is -4.70. The Labute approximate surface area is 245 Å². The predicted octanol–water partition coefficient (Wildman–Crippen LogP) is 3.74. The summed E-state index contributed by atoms with van der Waals surface area (Å²) in [4.78, 5) is 51.8. The zero-order valence-corrected chi connectivity index (χ0v) is 24.1. The molecule has 1 heterocycles. The Morgan fingerprint density at radius 1 is 1.00 bits per heavy atom. The lowest BCUT2D eigenvalue weighted by molar-refractivity contribution is -0.139. The van der Waals surface area contributed by atoms with Crippen molar-refractivity contribution in [1.82, 2.24) is 10.6 Å². The van der Waals surface area contributed by atoms with Crippen LogP contribution < -0.4 is 26.6 Å². The van der Waals surface area contributed by atoms with Crippen molar-refractivity contribution in [3.63, 3.8) is 0 Å². The van der Waals surface area contributed by atoms with Crippen LogP contribution in [0, 0.1) is 0 Å². The summed E-state index contributed by atoms with van der Waals surface area (Å²) in [6.07, 6.45) is 1.28. The second-order valence-corrected chi connectivity index (χ2v) is 11.0. The third-order valence-electron chi connectivity index (χ3n) is 6.90. The third kappa shape index (κ3) is 7.94. The number of fused-ring (bicyclic) bond motifs is 1. The number of benzene rings is 3. The van der Waals surface area contributed by atoms with Gasteiger partial charge in [-0.25, -0.2) is 4.79 Å². The number of methoxy groups -OCH3 is 1. The second-order valence-electron chi connectivity index (χ2n) is 11.0. The van der Waals surface area contributed by atoms with E-state index in [2.05, 4.69) is 20.7 Å². The molecule has 0 saturated carbocycles. The Kier molecular flexibility index (Phi) is 9.59. The Morgan fingerprint density at radius 3 is 2.40 bits per heavy atom. The maximum Gasteiger partial charge on any atom is 0.325 e. The third-order valence-corrected chi connectivity index (χ3v) is 6.90. The number of carbonyl (C=O) groups is 4. The monoisotopic (exact) mass is 571 g/mol. The van der Waals surface area contributed by atoms with Gasteiger partial charge < -0.3 is 31.3 Å². The van der Waals surface area contributed by atoms with E-state index in [9.17, 15) is 19.2 Å². The molecular weight excluding hydrogens is 534 g/mol. The molecular formula is C32H37N5O5. The first-order valence-electron chi connectivity index (χ1n) is 13.8. The molecule has 0 unspecified atom stereocenters. The SMILES string of the molecule is COC(=O)CNC(=O)Nc1ccccc1-c1ccc(CN2C(=O)[C@H](NC(=O)CC(C)(C)N)CCc3ccccc32)cc1.